The molecule has 4 nitrogen and oxygen atoms in total. The van der Waals surface area contributed by atoms with Crippen LogP contribution in [0.4, 0.5) is 19.3 Å². The van der Waals surface area contributed by atoms with Crippen LogP contribution in [-0.4, -0.2) is 36.1 Å². The van der Waals surface area contributed by atoms with E-state index < -0.39 is 11.6 Å². The molecule has 21 heavy (non-hydrogen) atoms. The minimum Gasteiger partial charge on any atom is -0.321 e. The van der Waals surface area contributed by atoms with Crippen LogP contribution in [0.1, 0.15) is 26.7 Å². The van der Waals surface area contributed by atoms with Crippen molar-refractivity contribution in [2.24, 2.45) is 0 Å². The second-order valence-corrected chi connectivity index (χ2v) is 5.59. The highest BCUT2D eigenvalue weighted by Crippen LogP contribution is 2.17. The first-order chi connectivity index (χ1) is 9.97. The number of carbonyl (C=O) groups is 1. The lowest BCUT2D eigenvalue weighted by molar-refractivity contribution is 0.190. The molecule has 1 aromatic carbocycles. The molecule has 1 aliphatic rings. The number of rotatable bonds is 4. The number of nitrogens with zero attached hydrogens (tertiary/aromatic N) is 1. The van der Waals surface area contributed by atoms with E-state index in [0.717, 1.165) is 31.5 Å². The molecule has 0 spiro atoms. The van der Waals surface area contributed by atoms with E-state index in [1.807, 2.05) is 13.8 Å². The number of benzene rings is 1. The first-order valence-electron chi connectivity index (χ1n) is 7.23. The van der Waals surface area contributed by atoms with Crippen molar-refractivity contribution >= 4 is 11.7 Å². The van der Waals surface area contributed by atoms with E-state index in [-0.39, 0.29) is 23.8 Å². The molecule has 2 N–H and O–H groups in total. The Morgan fingerprint density at radius 1 is 1.48 bits per heavy atom. The summed E-state index contributed by atoms with van der Waals surface area (Å²) in [5, 5.41) is 5.84. The fraction of sp³-hybridized carbons (Fsp3) is 0.533. The number of halogens is 2. The molecule has 1 atom stereocenters. The largest absolute Gasteiger partial charge is 0.322 e. The zero-order valence-corrected chi connectivity index (χ0v) is 12.3. The predicted octanol–water partition coefficient (Wildman–Crippen LogP) is 2.96. The fourth-order valence-electron chi connectivity index (χ4n) is 2.46. The molecule has 1 saturated heterocycles. The number of nitrogens with one attached hydrogen (secondary N) is 2. The Hall–Kier alpha value is -1.69. The molecule has 1 aromatic rings. The van der Waals surface area contributed by atoms with Crippen LogP contribution in [0.2, 0.25) is 0 Å². The number of urea groups is 1. The third-order valence-electron chi connectivity index (χ3n) is 3.64. The molecular formula is C15H21F2N3O. The molecule has 0 saturated carbocycles. The van der Waals surface area contributed by atoms with E-state index in [1.54, 1.807) is 4.90 Å². The first-order valence-corrected chi connectivity index (χ1v) is 7.23. The van der Waals surface area contributed by atoms with Crippen molar-refractivity contribution in [2.75, 3.05) is 18.4 Å². The van der Waals surface area contributed by atoms with Gasteiger partial charge in [0.25, 0.3) is 0 Å². The molecule has 6 heteroatoms. The van der Waals surface area contributed by atoms with Crippen molar-refractivity contribution in [2.45, 2.75) is 38.8 Å². The standard InChI is InChI=1S/C15H21F2N3O/c1-10(2)20(9-12-4-3-7-18-12)15(21)19-14-6-5-11(16)8-13(14)17/h5-6,8,10,12,18H,3-4,7,9H2,1-2H3,(H,19,21). The second kappa shape index (κ2) is 6.85. The Kier molecular flexibility index (Phi) is 5.12. The minimum atomic E-state index is -0.772. The quantitative estimate of drug-likeness (QED) is 0.897. The van der Waals surface area contributed by atoms with E-state index in [2.05, 4.69) is 10.6 Å². The number of hydrogen-bond donors (Lipinski definition) is 2. The summed E-state index contributed by atoms with van der Waals surface area (Å²) in [6.07, 6.45) is 2.13. The summed E-state index contributed by atoms with van der Waals surface area (Å²) in [7, 11) is 0. The minimum absolute atomic E-state index is 0.00379. The monoisotopic (exact) mass is 297 g/mol. The molecule has 0 radical (unpaired) electrons. The van der Waals surface area contributed by atoms with Crippen molar-refractivity contribution in [1.29, 1.82) is 0 Å². The van der Waals surface area contributed by atoms with Crippen LogP contribution < -0.4 is 10.6 Å². The predicted molar refractivity (Wildman–Crippen MR) is 78.2 cm³/mol. The Morgan fingerprint density at radius 2 is 2.24 bits per heavy atom. The summed E-state index contributed by atoms with van der Waals surface area (Å²) in [6.45, 7) is 5.36. The van der Waals surface area contributed by atoms with Crippen LogP contribution in [0.5, 0.6) is 0 Å². The number of hydrogen-bond acceptors (Lipinski definition) is 2. The maximum atomic E-state index is 13.6. The van der Waals surface area contributed by atoms with Gasteiger partial charge < -0.3 is 15.5 Å². The van der Waals surface area contributed by atoms with Gasteiger partial charge in [-0.05, 0) is 45.4 Å². The molecule has 1 fully saturated rings. The van der Waals surface area contributed by atoms with Crippen LogP contribution in [0.25, 0.3) is 0 Å². The molecule has 0 aromatic heterocycles. The van der Waals surface area contributed by atoms with Crippen LogP contribution in [0, 0.1) is 11.6 Å². The SMILES string of the molecule is CC(C)N(CC1CCCN1)C(=O)Nc1ccc(F)cc1F. The van der Waals surface area contributed by atoms with E-state index in [9.17, 15) is 13.6 Å². The van der Waals surface area contributed by atoms with Gasteiger partial charge in [-0.2, -0.15) is 0 Å². The second-order valence-electron chi connectivity index (χ2n) is 5.59. The third kappa shape index (κ3) is 4.14. The van der Waals surface area contributed by atoms with Gasteiger partial charge in [-0.25, -0.2) is 13.6 Å². The van der Waals surface area contributed by atoms with Crippen LogP contribution in [0.15, 0.2) is 18.2 Å². The Bertz CT molecular complexity index is 502. The van der Waals surface area contributed by atoms with E-state index in [0.29, 0.717) is 6.54 Å². The van der Waals surface area contributed by atoms with Crippen LogP contribution in [0.3, 0.4) is 0 Å². The Balaban J connectivity index is 2.03. The average Bonchev–Trinajstić information content (AvgIpc) is 2.91. The molecule has 2 amide bonds. The summed E-state index contributed by atoms with van der Waals surface area (Å²) in [5.41, 5.74) is -0.00793. The van der Waals surface area contributed by atoms with Gasteiger partial charge in [0, 0.05) is 24.7 Å². The third-order valence-corrected chi connectivity index (χ3v) is 3.64. The topological polar surface area (TPSA) is 44.4 Å². The molecule has 2 rings (SSSR count). The van der Waals surface area contributed by atoms with Crippen LogP contribution >= 0.6 is 0 Å². The Morgan fingerprint density at radius 3 is 2.81 bits per heavy atom. The van der Waals surface area contributed by atoms with Gasteiger partial charge in [0.15, 0.2) is 0 Å². The summed E-state index contributed by atoms with van der Waals surface area (Å²) in [5.74, 6) is -1.44. The molecule has 116 valence electrons. The van der Waals surface area contributed by atoms with Gasteiger partial charge >= 0.3 is 6.03 Å². The van der Waals surface area contributed by atoms with Gasteiger partial charge in [-0.3, -0.25) is 0 Å². The van der Waals surface area contributed by atoms with Crippen LogP contribution in [-0.2, 0) is 0 Å². The summed E-state index contributed by atoms with van der Waals surface area (Å²) in [4.78, 5) is 14.0. The zero-order valence-electron chi connectivity index (χ0n) is 12.3. The molecule has 1 heterocycles. The highest BCUT2D eigenvalue weighted by molar-refractivity contribution is 5.89. The van der Waals surface area contributed by atoms with Crippen molar-refractivity contribution in [3.05, 3.63) is 29.8 Å². The maximum Gasteiger partial charge on any atom is 0.322 e. The molecule has 0 bridgehead atoms. The fourth-order valence-corrected chi connectivity index (χ4v) is 2.46. The number of anilines is 1. The average molecular weight is 297 g/mol. The lowest BCUT2D eigenvalue weighted by atomic mass is 10.2. The zero-order chi connectivity index (χ0) is 15.4. The van der Waals surface area contributed by atoms with Gasteiger partial charge in [0.2, 0.25) is 0 Å². The van der Waals surface area contributed by atoms with Gasteiger partial charge in [-0.15, -0.1) is 0 Å². The summed E-state index contributed by atoms with van der Waals surface area (Å²) < 4.78 is 26.5. The van der Waals surface area contributed by atoms with Gasteiger partial charge in [-0.1, -0.05) is 0 Å². The van der Waals surface area contributed by atoms with Crippen molar-refractivity contribution in [1.82, 2.24) is 10.2 Å². The highest BCUT2D eigenvalue weighted by atomic mass is 19.1. The maximum absolute atomic E-state index is 13.6. The van der Waals surface area contributed by atoms with E-state index >= 15 is 0 Å². The van der Waals surface area contributed by atoms with Gasteiger partial charge in [0.1, 0.15) is 11.6 Å². The van der Waals surface area contributed by atoms with E-state index in [4.69, 9.17) is 0 Å². The lowest BCUT2D eigenvalue weighted by Gasteiger charge is -2.29. The number of amides is 2. The Labute approximate surface area is 123 Å². The van der Waals surface area contributed by atoms with Gasteiger partial charge in [0.05, 0.1) is 5.69 Å². The molecule has 1 aliphatic heterocycles. The highest BCUT2D eigenvalue weighted by Gasteiger charge is 2.24. The smallest absolute Gasteiger partial charge is 0.321 e. The lowest BCUT2D eigenvalue weighted by Crippen LogP contribution is -2.46. The number of carbonyl (C=O) groups excluding carboxylic acids is 1. The summed E-state index contributed by atoms with van der Waals surface area (Å²) >= 11 is 0. The summed E-state index contributed by atoms with van der Waals surface area (Å²) in [6, 6.07) is 3.01. The van der Waals surface area contributed by atoms with Crippen molar-refractivity contribution in [3.63, 3.8) is 0 Å². The first kappa shape index (κ1) is 15.7. The normalized spacial score (nSPS) is 18.0. The molecule has 0 aliphatic carbocycles. The van der Waals surface area contributed by atoms with Crippen molar-refractivity contribution in [3.8, 4) is 0 Å². The van der Waals surface area contributed by atoms with E-state index in [1.165, 1.54) is 6.07 Å². The molecular weight excluding hydrogens is 276 g/mol. The van der Waals surface area contributed by atoms with Crippen molar-refractivity contribution < 1.29 is 13.6 Å². The molecule has 1 unspecified atom stereocenters.